The number of imide groups is 1. The molecule has 0 atom stereocenters. The molecular weight excluding hydrogens is 1200 g/mol. The van der Waals surface area contributed by atoms with Crippen molar-refractivity contribution in [3.05, 3.63) is 0 Å². The number of hydrogen-bond donors (Lipinski definition) is 6. The average molecular weight is 1300 g/mol. The van der Waals surface area contributed by atoms with Gasteiger partial charge in [0, 0.05) is 139 Å². The fraction of sp³-hybridized carbons (Fsp3) is 0.788. The molecule has 0 spiro atoms. The van der Waals surface area contributed by atoms with Gasteiger partial charge in [-0.05, 0) is 81.3 Å². The molecular formula is C52H98Br2N6O15S3. The van der Waals surface area contributed by atoms with Gasteiger partial charge in [-0.25, -0.2) is 4.79 Å². The second kappa shape index (κ2) is 68.1. The fourth-order valence-corrected chi connectivity index (χ4v) is 7.21. The van der Waals surface area contributed by atoms with Crippen molar-refractivity contribution in [3.8, 4) is 0 Å². The zero-order chi connectivity index (χ0) is 59.3. The Kier molecular flexibility index (Phi) is 75.2. The van der Waals surface area contributed by atoms with Crippen LogP contribution in [0.25, 0.3) is 0 Å². The number of nitrogens with zero attached hydrogens (tertiary/aromatic N) is 1. The highest BCUT2D eigenvalue weighted by Crippen LogP contribution is 2.13. The van der Waals surface area contributed by atoms with Gasteiger partial charge in [-0.15, -0.1) is 5.06 Å². The Bertz CT molecular complexity index is 1560. The third-order valence-electron chi connectivity index (χ3n) is 9.56. The van der Waals surface area contributed by atoms with Crippen LogP contribution in [0.2, 0.25) is 0 Å². The van der Waals surface area contributed by atoms with E-state index in [4.69, 9.17) is 14.2 Å². The first-order chi connectivity index (χ1) is 37.0. The number of hydroxylamine groups is 2. The van der Waals surface area contributed by atoms with Crippen molar-refractivity contribution in [1.29, 1.82) is 0 Å². The molecule has 21 nitrogen and oxygen atoms in total. The number of hydrogen-bond acceptors (Lipinski definition) is 18. The van der Waals surface area contributed by atoms with E-state index in [9.17, 15) is 52.7 Å². The summed E-state index contributed by atoms with van der Waals surface area (Å²) in [5.41, 5.74) is 0. The zero-order valence-corrected chi connectivity index (χ0v) is 52.9. The lowest BCUT2D eigenvalue weighted by Crippen LogP contribution is -2.34. The fourth-order valence-electron chi connectivity index (χ4n) is 5.44. The summed E-state index contributed by atoms with van der Waals surface area (Å²) in [6, 6.07) is 0. The topological polar surface area (TPSA) is 288 Å². The third-order valence-corrected chi connectivity index (χ3v) is 12.6. The van der Waals surface area contributed by atoms with E-state index in [0.717, 1.165) is 101 Å². The van der Waals surface area contributed by atoms with Crippen LogP contribution in [-0.4, -0.2) is 185 Å². The van der Waals surface area contributed by atoms with Gasteiger partial charge in [0.1, 0.15) is 17.3 Å². The smallest absolute Gasteiger partial charge is 0.334 e. The molecule has 0 unspecified atom stereocenters. The summed E-state index contributed by atoms with van der Waals surface area (Å²) >= 11 is 13.3. The molecule has 0 saturated carbocycles. The summed E-state index contributed by atoms with van der Waals surface area (Å²) in [6.45, 7) is 7.10. The Morgan fingerprint density at radius 3 is 1.24 bits per heavy atom. The van der Waals surface area contributed by atoms with Crippen molar-refractivity contribution in [2.24, 2.45) is 0 Å². The molecule has 0 aromatic heterocycles. The Labute approximate surface area is 497 Å². The van der Waals surface area contributed by atoms with Crippen molar-refractivity contribution in [1.82, 2.24) is 31.6 Å². The molecule has 5 N–H and O–H groups in total. The quantitative estimate of drug-likeness (QED) is 0.0165. The van der Waals surface area contributed by atoms with E-state index in [1.807, 2.05) is 13.8 Å². The number of carbonyl (C=O) groups excluding carboxylic acids is 11. The van der Waals surface area contributed by atoms with Gasteiger partial charge in [0.25, 0.3) is 11.8 Å². The molecule has 1 saturated heterocycles. The molecule has 78 heavy (non-hydrogen) atoms. The number of ether oxygens (including phenoxy) is 3. The highest BCUT2D eigenvalue weighted by Gasteiger charge is 2.32. The molecule has 0 bridgehead atoms. The molecule has 458 valence electrons. The summed E-state index contributed by atoms with van der Waals surface area (Å²) in [5, 5.41) is 13.5. The third kappa shape index (κ3) is 67.1. The Morgan fingerprint density at radius 2 is 0.885 bits per heavy atom. The van der Waals surface area contributed by atoms with Crippen LogP contribution in [0.4, 0.5) is 0 Å². The van der Waals surface area contributed by atoms with Gasteiger partial charge in [0.15, 0.2) is 0 Å². The van der Waals surface area contributed by atoms with Crippen LogP contribution in [0.15, 0.2) is 0 Å². The minimum absolute atomic E-state index is 0. The Balaban J connectivity index is -0.000000210. The first-order valence-corrected chi connectivity index (χ1v) is 31.5. The first-order valence-electron chi connectivity index (χ1n) is 26.1. The molecule has 0 aromatic rings. The maximum atomic E-state index is 11.6. The van der Waals surface area contributed by atoms with Crippen LogP contribution in [0.3, 0.4) is 0 Å². The standard InChI is InChI=1S/C15H28N2O4S.C10H20O2S.C9H11BrN2O5.C9H18O2S.C6H11BrN2O2.C2H6.CH4/c1-16-14(19)8-9-17-15(20)12-22-11-5-7-13(18)6-3-4-10-21-2;1-12-8-4-3-6-10(11)7-5-9-13-2;10-5-6(13)11-4-3-9(16)17-12-7(14)1-2-8(12)15;1-11-7-3-2-5-9(10)6-4-8-12;1-8-5(10)2-3-9-6(11)4-7;1-2;/h3-12H2,1-2H3,(H,16,19)(H,17,20);3-9H2,1-2H3;1-5H2,(H,11,13);12H,2-8H2,1H3;2-4H2,1H3,(H,8,10)(H,9,11);1-2H3;1H4. The summed E-state index contributed by atoms with van der Waals surface area (Å²) in [7, 11) is 8.17. The number of amides is 7. The number of Topliss-reactive ketones (excluding diaryl/α,β-unsaturated/α-hetero) is 3. The van der Waals surface area contributed by atoms with E-state index in [1.54, 1.807) is 47.2 Å². The van der Waals surface area contributed by atoms with Gasteiger partial charge in [0.2, 0.25) is 29.5 Å². The van der Waals surface area contributed by atoms with E-state index in [0.29, 0.717) is 80.6 Å². The summed E-state index contributed by atoms with van der Waals surface area (Å²) in [5.74, 6) is 1.77. The van der Waals surface area contributed by atoms with Crippen LogP contribution < -0.4 is 26.6 Å². The maximum Gasteiger partial charge on any atom is 0.334 e. The predicted molar refractivity (Wildman–Crippen MR) is 323 cm³/mol. The highest BCUT2D eigenvalue weighted by molar-refractivity contribution is 9.09. The average Bonchev–Trinajstić information content (AvgIpc) is 3.74. The van der Waals surface area contributed by atoms with E-state index in [-0.39, 0.29) is 79.2 Å². The number of thioether (sulfide) groups is 2. The number of alkyl halides is 2. The Morgan fingerprint density at radius 1 is 0.526 bits per heavy atom. The lowest BCUT2D eigenvalue weighted by Gasteiger charge is -2.12. The number of methoxy groups -OCH3 is 3. The van der Waals surface area contributed by atoms with Gasteiger partial charge in [-0.2, -0.15) is 36.2 Å². The van der Waals surface area contributed by atoms with Crippen LogP contribution in [0.1, 0.15) is 150 Å². The van der Waals surface area contributed by atoms with E-state index < -0.39 is 17.8 Å². The highest BCUT2D eigenvalue weighted by atomic mass is 79.9. The molecule has 0 aliphatic carbocycles. The number of nitrogens with one attached hydrogen (secondary N) is 5. The molecule has 26 heteroatoms. The molecule has 7 amide bonds. The number of rotatable bonds is 40. The Hall–Kier alpha value is -3.14. The molecule has 1 aliphatic rings. The van der Waals surface area contributed by atoms with Crippen molar-refractivity contribution < 1.29 is 71.8 Å². The minimum atomic E-state index is -0.733. The predicted octanol–water partition coefficient (Wildman–Crippen LogP) is 6.53. The number of ketones is 3. The van der Waals surface area contributed by atoms with Gasteiger partial charge >= 0.3 is 5.97 Å². The molecule has 1 rings (SSSR count). The van der Waals surface area contributed by atoms with Crippen LogP contribution in [0.5, 0.6) is 0 Å². The van der Waals surface area contributed by atoms with E-state index in [1.165, 1.54) is 11.8 Å². The molecule has 1 heterocycles. The zero-order valence-electron chi connectivity index (χ0n) is 47.2. The monoisotopic (exact) mass is 1300 g/mol. The first kappa shape index (κ1) is 86.1. The largest absolute Gasteiger partial charge is 0.385 e. The van der Waals surface area contributed by atoms with Gasteiger partial charge in [0.05, 0.1) is 22.8 Å². The number of unbranched alkanes of at least 4 members (excludes halogenated alkanes) is 3. The van der Waals surface area contributed by atoms with Gasteiger partial charge in [-0.1, -0.05) is 53.1 Å². The van der Waals surface area contributed by atoms with Crippen molar-refractivity contribution >= 4 is 133 Å². The minimum Gasteiger partial charge on any atom is -0.385 e. The lowest BCUT2D eigenvalue weighted by molar-refractivity contribution is -0.197. The number of thiol groups is 1. The molecule has 0 radical (unpaired) electrons. The van der Waals surface area contributed by atoms with E-state index >= 15 is 0 Å². The lowest BCUT2D eigenvalue weighted by atomic mass is 10.1. The summed E-state index contributed by atoms with van der Waals surface area (Å²) in [4.78, 5) is 126. The van der Waals surface area contributed by atoms with Crippen LogP contribution in [0, 0.1) is 0 Å². The van der Waals surface area contributed by atoms with Crippen molar-refractivity contribution in [2.45, 2.75) is 150 Å². The maximum absolute atomic E-state index is 11.6. The van der Waals surface area contributed by atoms with E-state index in [2.05, 4.69) is 82.2 Å². The van der Waals surface area contributed by atoms with Crippen molar-refractivity contribution in [3.63, 3.8) is 0 Å². The molecule has 1 aliphatic heterocycles. The normalized spacial score (nSPS) is 10.8. The SMILES string of the molecule is C.CC.CNC(=O)CCNC(=O)CBr.CNC(=O)CCNC(=O)CSCCCC(=O)CCCCOC.COCCCCC(=O)CCCS.COCCCCC(=O)CCCSC.O=C(CBr)NCCC(=O)ON1C(=O)CCC1=O. The van der Waals surface area contributed by atoms with Gasteiger partial charge < -0.3 is 45.6 Å². The second-order valence-electron chi connectivity index (χ2n) is 16.0. The van der Waals surface area contributed by atoms with Crippen molar-refractivity contribution in [2.75, 3.05) is 115 Å². The van der Waals surface area contributed by atoms with Crippen LogP contribution >= 0.6 is 68.0 Å². The summed E-state index contributed by atoms with van der Waals surface area (Å²) in [6.07, 6.45) is 15.3. The van der Waals surface area contributed by atoms with Crippen LogP contribution in [-0.2, 0) is 71.8 Å². The molecule has 0 aromatic carbocycles. The number of halogens is 2. The number of carbonyl (C=O) groups is 11. The molecule has 1 fully saturated rings. The van der Waals surface area contributed by atoms with Gasteiger partial charge in [-0.3, -0.25) is 47.9 Å². The summed E-state index contributed by atoms with van der Waals surface area (Å²) < 4.78 is 14.7. The second-order valence-corrected chi connectivity index (χ2v) is 19.7.